The molecular formula is C24H25F3N5O9P. The molecule has 6 unspecified atom stereocenters. The number of anilines is 1. The van der Waals surface area contributed by atoms with Gasteiger partial charge in [-0.1, -0.05) is 12.1 Å². The van der Waals surface area contributed by atoms with Crippen molar-refractivity contribution in [3.8, 4) is 5.88 Å². The molecule has 3 aliphatic heterocycles. The van der Waals surface area contributed by atoms with Gasteiger partial charge in [-0.05, 0) is 31.5 Å². The molecule has 0 spiro atoms. The Bertz CT molecular complexity index is 1570. The van der Waals surface area contributed by atoms with E-state index in [4.69, 9.17) is 38.3 Å². The first kappa shape index (κ1) is 28.6. The third-order valence-corrected chi connectivity index (χ3v) is 8.51. The lowest BCUT2D eigenvalue weighted by molar-refractivity contribution is -0.137. The second-order valence-electron chi connectivity index (χ2n) is 9.83. The molecular weight excluding hydrogens is 590 g/mol. The molecule has 226 valence electrons. The molecule has 0 aliphatic carbocycles. The number of imidazole rings is 1. The van der Waals surface area contributed by atoms with Gasteiger partial charge in [0.2, 0.25) is 11.8 Å². The van der Waals surface area contributed by atoms with E-state index in [0.717, 1.165) is 12.1 Å². The number of aromatic nitrogens is 4. The number of alkyl halides is 3. The van der Waals surface area contributed by atoms with Crippen LogP contribution in [0.3, 0.4) is 0 Å². The summed E-state index contributed by atoms with van der Waals surface area (Å²) in [5.41, 5.74) is 4.28. The first-order chi connectivity index (χ1) is 19.9. The van der Waals surface area contributed by atoms with Crippen molar-refractivity contribution < 1.29 is 55.0 Å². The fourth-order valence-corrected chi connectivity index (χ4v) is 6.55. The summed E-state index contributed by atoms with van der Waals surface area (Å²) in [5.74, 6) is 0.0602. The summed E-state index contributed by atoms with van der Waals surface area (Å²) in [7, 11) is -4.27. The molecule has 6 rings (SSSR count). The van der Waals surface area contributed by atoms with E-state index in [1.165, 1.54) is 23.0 Å². The molecule has 42 heavy (non-hydrogen) atoms. The monoisotopic (exact) mass is 615 g/mol. The minimum atomic E-state index is -4.56. The van der Waals surface area contributed by atoms with Crippen LogP contribution < -0.4 is 10.5 Å². The average Bonchev–Trinajstić information content (AvgIpc) is 3.56. The van der Waals surface area contributed by atoms with Gasteiger partial charge in [-0.3, -0.25) is 18.1 Å². The van der Waals surface area contributed by atoms with Crippen molar-refractivity contribution in [2.24, 2.45) is 0 Å². The van der Waals surface area contributed by atoms with Gasteiger partial charge < -0.3 is 24.7 Å². The summed E-state index contributed by atoms with van der Waals surface area (Å²) in [6.45, 7) is 3.08. The first-order valence-electron chi connectivity index (χ1n) is 12.8. The summed E-state index contributed by atoms with van der Waals surface area (Å²) < 4.78 is 93.4. The minimum absolute atomic E-state index is 0.0908. The van der Waals surface area contributed by atoms with Crippen molar-refractivity contribution in [3.63, 3.8) is 0 Å². The van der Waals surface area contributed by atoms with E-state index in [2.05, 4.69) is 15.0 Å². The van der Waals surface area contributed by atoms with Gasteiger partial charge in [0.05, 0.1) is 37.8 Å². The molecule has 3 aromatic rings. The molecule has 1 aromatic carbocycles. The molecule has 6 atom stereocenters. The Morgan fingerprint density at radius 2 is 2.10 bits per heavy atom. The van der Waals surface area contributed by atoms with Gasteiger partial charge >= 0.3 is 20.2 Å². The zero-order valence-corrected chi connectivity index (χ0v) is 23.0. The van der Waals surface area contributed by atoms with Crippen LogP contribution in [0.2, 0.25) is 0 Å². The Morgan fingerprint density at radius 3 is 2.86 bits per heavy atom. The maximum Gasteiger partial charge on any atom is 0.509 e. The van der Waals surface area contributed by atoms with Crippen molar-refractivity contribution in [2.75, 3.05) is 25.6 Å². The molecule has 0 radical (unpaired) electrons. The number of nitrogens with zero attached hydrogens (tertiary/aromatic N) is 4. The standard InChI is InChI=1S/C24H25F3N5O9P/c1-3-35-19-16-18(30-21(28)31-19)32(11-29-16)20-23(2)17(39-22(33)40-23)15(38-20)10-37-42(34)36-8-7-14(41-42)12-5-4-6-13(9-12)24(25,26)27/h4-6,9,11,14-15,17,20H,3,7-8,10H2,1-2H3,(H2,28,30,31). The molecule has 0 amide bonds. The first-order valence-corrected chi connectivity index (χ1v) is 14.3. The molecule has 3 fully saturated rings. The topological polar surface area (TPSA) is 168 Å². The predicted octanol–water partition coefficient (Wildman–Crippen LogP) is 4.32. The third kappa shape index (κ3) is 5.04. The van der Waals surface area contributed by atoms with Gasteiger partial charge in [-0.25, -0.2) is 14.3 Å². The maximum atomic E-state index is 13.4. The lowest BCUT2D eigenvalue weighted by Crippen LogP contribution is -2.42. The summed E-state index contributed by atoms with van der Waals surface area (Å²) in [5, 5.41) is 0. The summed E-state index contributed by atoms with van der Waals surface area (Å²) >= 11 is 0. The average molecular weight is 615 g/mol. The number of ether oxygens (including phenoxy) is 4. The molecule has 18 heteroatoms. The van der Waals surface area contributed by atoms with Crippen molar-refractivity contribution in [3.05, 3.63) is 41.7 Å². The van der Waals surface area contributed by atoms with E-state index in [1.807, 2.05) is 0 Å². The number of rotatable bonds is 7. The third-order valence-electron chi connectivity index (χ3n) is 7.03. The lowest BCUT2D eigenvalue weighted by atomic mass is 9.96. The number of phosphoric acid groups is 1. The molecule has 0 bridgehead atoms. The van der Waals surface area contributed by atoms with Crippen LogP contribution in [-0.4, -0.2) is 63.3 Å². The summed E-state index contributed by atoms with van der Waals surface area (Å²) in [4.78, 5) is 24.8. The largest absolute Gasteiger partial charge is 0.509 e. The molecule has 3 aliphatic rings. The molecule has 2 aromatic heterocycles. The normalized spacial score (nSPS) is 31.1. The lowest BCUT2D eigenvalue weighted by Gasteiger charge is -2.30. The van der Waals surface area contributed by atoms with Crippen LogP contribution in [0.5, 0.6) is 5.88 Å². The highest BCUT2D eigenvalue weighted by Crippen LogP contribution is 2.58. The van der Waals surface area contributed by atoms with Crippen LogP contribution in [0.4, 0.5) is 23.9 Å². The number of phosphoric ester groups is 1. The quantitative estimate of drug-likeness (QED) is 0.295. The van der Waals surface area contributed by atoms with Crippen molar-refractivity contribution in [1.29, 1.82) is 0 Å². The maximum absolute atomic E-state index is 13.4. The molecule has 14 nitrogen and oxygen atoms in total. The zero-order chi connectivity index (χ0) is 29.9. The summed E-state index contributed by atoms with van der Waals surface area (Å²) in [6.07, 6.45) is -8.10. The number of hydrogen-bond donors (Lipinski definition) is 1. The fraction of sp³-hybridized carbons (Fsp3) is 0.500. The number of carbonyl (C=O) groups is 1. The number of nitrogen functional groups attached to an aromatic ring is 1. The Hall–Kier alpha value is -3.50. The van der Waals surface area contributed by atoms with Crippen LogP contribution in [-0.2, 0) is 38.5 Å². The van der Waals surface area contributed by atoms with Crippen LogP contribution in [0, 0.1) is 0 Å². The Balaban J connectivity index is 1.22. The number of benzene rings is 1. The molecule has 2 N–H and O–H groups in total. The van der Waals surface area contributed by atoms with Gasteiger partial charge in [-0.15, -0.1) is 0 Å². The molecule has 3 saturated heterocycles. The van der Waals surface area contributed by atoms with Gasteiger partial charge in [-0.2, -0.15) is 23.1 Å². The summed E-state index contributed by atoms with van der Waals surface area (Å²) in [6, 6.07) is 4.52. The number of nitrogens with two attached hydrogens (primary N) is 1. The van der Waals surface area contributed by atoms with E-state index in [0.29, 0.717) is 6.61 Å². The highest BCUT2D eigenvalue weighted by molar-refractivity contribution is 7.48. The fourth-order valence-electron chi connectivity index (χ4n) is 5.16. The zero-order valence-electron chi connectivity index (χ0n) is 22.1. The van der Waals surface area contributed by atoms with Gasteiger partial charge in [0.25, 0.3) is 0 Å². The number of fused-ring (bicyclic) bond motifs is 2. The van der Waals surface area contributed by atoms with Gasteiger partial charge in [0.1, 0.15) is 6.10 Å². The second kappa shape index (κ2) is 10.3. The van der Waals surface area contributed by atoms with E-state index in [-0.39, 0.29) is 41.6 Å². The van der Waals surface area contributed by atoms with E-state index < -0.39 is 62.5 Å². The highest BCUT2D eigenvalue weighted by atomic mass is 31.2. The second-order valence-corrected chi connectivity index (χ2v) is 11.4. The smallest absolute Gasteiger partial charge is 0.476 e. The van der Waals surface area contributed by atoms with Crippen molar-refractivity contribution in [2.45, 2.75) is 56.6 Å². The van der Waals surface area contributed by atoms with E-state index >= 15 is 0 Å². The van der Waals surface area contributed by atoms with Crippen LogP contribution in [0.25, 0.3) is 11.2 Å². The minimum Gasteiger partial charge on any atom is -0.476 e. The van der Waals surface area contributed by atoms with Crippen molar-refractivity contribution >= 4 is 31.1 Å². The number of carbonyl (C=O) groups excluding carboxylic acids is 1. The van der Waals surface area contributed by atoms with Gasteiger partial charge in [0.15, 0.2) is 29.1 Å². The van der Waals surface area contributed by atoms with Crippen LogP contribution in [0.1, 0.15) is 43.7 Å². The van der Waals surface area contributed by atoms with Crippen molar-refractivity contribution in [1.82, 2.24) is 19.5 Å². The molecule has 0 saturated carbocycles. The number of hydrogen-bond acceptors (Lipinski definition) is 13. The van der Waals surface area contributed by atoms with E-state index in [1.54, 1.807) is 13.8 Å². The van der Waals surface area contributed by atoms with Crippen LogP contribution >= 0.6 is 7.82 Å². The Morgan fingerprint density at radius 1 is 1.29 bits per heavy atom. The van der Waals surface area contributed by atoms with Crippen LogP contribution in [0.15, 0.2) is 30.6 Å². The Kier molecular flexibility index (Phi) is 7.05. The number of halogens is 3. The van der Waals surface area contributed by atoms with E-state index in [9.17, 15) is 22.5 Å². The SMILES string of the molecule is CCOc1nc(N)nc2c1ncn2C1OC(COP2(=O)OCCC(c3cccc(C(F)(F)F)c3)O2)C2OC(=O)OC21C. The van der Waals surface area contributed by atoms with Gasteiger partial charge in [0, 0.05) is 6.42 Å². The molecule has 5 heterocycles. The Labute approximate surface area is 235 Å². The predicted molar refractivity (Wildman–Crippen MR) is 134 cm³/mol. The highest BCUT2D eigenvalue weighted by Gasteiger charge is 2.64.